The lowest BCUT2D eigenvalue weighted by Crippen LogP contribution is -2.41. The van der Waals surface area contributed by atoms with Crippen molar-refractivity contribution in [1.29, 1.82) is 0 Å². The van der Waals surface area contributed by atoms with Gasteiger partial charge in [0.25, 0.3) is 0 Å². The third-order valence-corrected chi connectivity index (χ3v) is 6.15. The molecule has 1 unspecified atom stereocenters. The van der Waals surface area contributed by atoms with E-state index < -0.39 is 11.7 Å². The van der Waals surface area contributed by atoms with Gasteiger partial charge in [-0.2, -0.15) is 18.3 Å². The topological polar surface area (TPSA) is 78.5 Å². The van der Waals surface area contributed by atoms with Crippen molar-refractivity contribution in [2.45, 2.75) is 45.5 Å². The number of alkyl halides is 3. The summed E-state index contributed by atoms with van der Waals surface area (Å²) in [5.41, 5.74) is 2.85. The molecule has 2 heterocycles. The van der Waals surface area contributed by atoms with Crippen LogP contribution in [0.1, 0.15) is 30.7 Å². The van der Waals surface area contributed by atoms with Crippen LogP contribution in [0.5, 0.6) is 0 Å². The molecule has 0 fully saturated rings. The largest absolute Gasteiger partial charge is 0.416 e. The summed E-state index contributed by atoms with van der Waals surface area (Å²) in [7, 11) is 0. The fourth-order valence-electron chi connectivity index (χ4n) is 3.71. The Bertz CT molecular complexity index is 1240. The van der Waals surface area contributed by atoms with E-state index in [1.807, 2.05) is 39.0 Å². The normalized spacial score (nSPS) is 12.7. The first kappa shape index (κ1) is 25.9. The number of aromatic nitrogens is 4. The van der Waals surface area contributed by atoms with Crippen LogP contribution in [-0.2, 0) is 12.6 Å². The standard InChI is InChI=1S/C23H25F3N6S.ClH/c1-13(2)28-18(10-15-5-4-6-17(9-15)23(24,25)26)12-27-22-32-31-21(33-22)16-7-8-20-19(11-16)14(3)29-30-20;/h4-9,11,13,18,28H,10,12H2,1-3H3,(H,27,32)(H,29,30);1H. The van der Waals surface area contributed by atoms with Crippen LogP contribution in [0.2, 0.25) is 0 Å². The third-order valence-electron chi connectivity index (χ3n) is 5.22. The summed E-state index contributed by atoms with van der Waals surface area (Å²) >= 11 is 1.44. The number of hydrogen-bond acceptors (Lipinski definition) is 6. The number of halogens is 4. The minimum absolute atomic E-state index is 0. The van der Waals surface area contributed by atoms with Gasteiger partial charge < -0.3 is 10.6 Å². The Kier molecular flexibility index (Phi) is 8.17. The minimum Gasteiger partial charge on any atom is -0.358 e. The number of aryl methyl sites for hydroxylation is 1. The van der Waals surface area contributed by atoms with Crippen molar-refractivity contribution in [3.63, 3.8) is 0 Å². The van der Waals surface area contributed by atoms with Crippen LogP contribution < -0.4 is 10.6 Å². The number of fused-ring (bicyclic) bond motifs is 1. The minimum atomic E-state index is -4.35. The lowest BCUT2D eigenvalue weighted by atomic mass is 10.0. The molecular weight excluding hydrogens is 485 g/mol. The van der Waals surface area contributed by atoms with Gasteiger partial charge in [0, 0.05) is 35.3 Å². The summed E-state index contributed by atoms with van der Waals surface area (Å²) in [5, 5.41) is 25.0. The Hall–Kier alpha value is -2.69. The highest BCUT2D eigenvalue weighted by molar-refractivity contribution is 7.18. The van der Waals surface area contributed by atoms with Crippen LogP contribution in [-0.4, -0.2) is 39.0 Å². The Balaban J connectivity index is 0.00000324. The van der Waals surface area contributed by atoms with E-state index in [1.54, 1.807) is 6.07 Å². The van der Waals surface area contributed by atoms with E-state index in [4.69, 9.17) is 0 Å². The molecule has 0 aliphatic heterocycles. The van der Waals surface area contributed by atoms with Crippen molar-refractivity contribution in [2.24, 2.45) is 0 Å². The predicted molar refractivity (Wildman–Crippen MR) is 133 cm³/mol. The lowest BCUT2D eigenvalue weighted by molar-refractivity contribution is -0.137. The highest BCUT2D eigenvalue weighted by Gasteiger charge is 2.30. The zero-order valence-electron chi connectivity index (χ0n) is 18.9. The average Bonchev–Trinajstić information content (AvgIpc) is 3.38. The van der Waals surface area contributed by atoms with Gasteiger partial charge in [-0.3, -0.25) is 5.10 Å². The highest BCUT2D eigenvalue weighted by Crippen LogP contribution is 2.31. The van der Waals surface area contributed by atoms with Crippen LogP contribution in [0.15, 0.2) is 42.5 Å². The molecule has 0 aliphatic rings. The zero-order chi connectivity index (χ0) is 23.6. The number of hydrogen-bond donors (Lipinski definition) is 3. The Labute approximate surface area is 205 Å². The summed E-state index contributed by atoms with van der Waals surface area (Å²) in [6, 6.07) is 11.5. The molecule has 4 rings (SSSR count). The molecule has 0 saturated carbocycles. The van der Waals surface area contributed by atoms with E-state index in [1.165, 1.54) is 23.5 Å². The van der Waals surface area contributed by atoms with Crippen molar-refractivity contribution < 1.29 is 13.2 Å². The summed E-state index contributed by atoms with van der Waals surface area (Å²) < 4.78 is 39.2. The van der Waals surface area contributed by atoms with Gasteiger partial charge in [0.15, 0.2) is 0 Å². The first-order valence-electron chi connectivity index (χ1n) is 10.6. The molecule has 0 saturated heterocycles. The number of anilines is 1. The van der Waals surface area contributed by atoms with E-state index >= 15 is 0 Å². The molecule has 2 aromatic carbocycles. The van der Waals surface area contributed by atoms with Crippen LogP contribution in [0, 0.1) is 6.92 Å². The first-order chi connectivity index (χ1) is 15.7. The van der Waals surface area contributed by atoms with E-state index in [2.05, 4.69) is 31.0 Å². The molecule has 0 spiro atoms. The van der Waals surface area contributed by atoms with Gasteiger partial charge in [0.1, 0.15) is 5.01 Å². The van der Waals surface area contributed by atoms with Gasteiger partial charge in [-0.1, -0.05) is 43.4 Å². The predicted octanol–water partition coefficient (Wildman–Crippen LogP) is 5.85. The molecule has 4 aromatic rings. The van der Waals surface area contributed by atoms with Crippen molar-refractivity contribution in [2.75, 3.05) is 11.9 Å². The summed E-state index contributed by atoms with van der Waals surface area (Å²) in [4.78, 5) is 0. The van der Waals surface area contributed by atoms with E-state index in [9.17, 15) is 13.2 Å². The zero-order valence-corrected chi connectivity index (χ0v) is 20.5. The monoisotopic (exact) mass is 510 g/mol. The molecule has 6 nitrogen and oxygen atoms in total. The maximum Gasteiger partial charge on any atom is 0.416 e. The smallest absolute Gasteiger partial charge is 0.358 e. The molecule has 34 heavy (non-hydrogen) atoms. The van der Waals surface area contributed by atoms with E-state index in [0.29, 0.717) is 23.7 Å². The lowest BCUT2D eigenvalue weighted by Gasteiger charge is -2.22. The molecule has 0 aliphatic carbocycles. The van der Waals surface area contributed by atoms with Crippen LogP contribution in [0.3, 0.4) is 0 Å². The molecule has 0 bridgehead atoms. The van der Waals surface area contributed by atoms with Gasteiger partial charge in [-0.05, 0) is 43.2 Å². The van der Waals surface area contributed by atoms with Crippen molar-refractivity contribution in [3.8, 4) is 10.6 Å². The molecule has 0 radical (unpaired) electrons. The number of aromatic amines is 1. The average molecular weight is 511 g/mol. The van der Waals surface area contributed by atoms with E-state index in [-0.39, 0.29) is 24.5 Å². The molecule has 2 aromatic heterocycles. The van der Waals surface area contributed by atoms with Crippen molar-refractivity contribution >= 4 is 39.8 Å². The number of H-pyrrole nitrogens is 1. The SMILES string of the molecule is Cc1[nH]nc2ccc(-c3nnc(NCC(Cc4cccc(C(F)(F)F)c4)NC(C)C)s3)cc12.Cl. The third kappa shape index (κ3) is 6.25. The van der Waals surface area contributed by atoms with Crippen LogP contribution in [0.25, 0.3) is 21.5 Å². The number of nitrogens with one attached hydrogen (secondary N) is 3. The quantitative estimate of drug-likeness (QED) is 0.277. The second-order valence-electron chi connectivity index (χ2n) is 8.29. The van der Waals surface area contributed by atoms with Gasteiger partial charge in [-0.25, -0.2) is 0 Å². The number of nitrogens with zero attached hydrogens (tertiary/aromatic N) is 3. The summed E-state index contributed by atoms with van der Waals surface area (Å²) in [5.74, 6) is 0. The summed E-state index contributed by atoms with van der Waals surface area (Å²) in [6.07, 6.45) is -3.90. The van der Waals surface area contributed by atoms with Gasteiger partial charge >= 0.3 is 6.18 Å². The second-order valence-corrected chi connectivity index (χ2v) is 9.27. The van der Waals surface area contributed by atoms with Gasteiger partial charge in [0.05, 0.1) is 11.1 Å². The van der Waals surface area contributed by atoms with E-state index in [0.717, 1.165) is 33.2 Å². The summed E-state index contributed by atoms with van der Waals surface area (Å²) in [6.45, 7) is 6.49. The van der Waals surface area contributed by atoms with Crippen molar-refractivity contribution in [3.05, 3.63) is 59.3 Å². The molecular formula is C23H26ClF3N6S. The Morgan fingerprint density at radius 2 is 1.88 bits per heavy atom. The van der Waals surface area contributed by atoms with Crippen LogP contribution >= 0.6 is 23.7 Å². The number of rotatable bonds is 8. The Morgan fingerprint density at radius 1 is 1.09 bits per heavy atom. The first-order valence-corrected chi connectivity index (χ1v) is 11.5. The fourth-order valence-corrected chi connectivity index (χ4v) is 4.46. The maximum atomic E-state index is 13.1. The fraction of sp³-hybridized carbons (Fsp3) is 0.348. The van der Waals surface area contributed by atoms with Gasteiger partial charge in [-0.15, -0.1) is 22.6 Å². The molecule has 0 amide bonds. The second kappa shape index (κ2) is 10.7. The van der Waals surface area contributed by atoms with Crippen LogP contribution in [0.4, 0.5) is 18.3 Å². The molecule has 1 atom stereocenters. The van der Waals surface area contributed by atoms with Gasteiger partial charge in [0.2, 0.25) is 5.13 Å². The highest BCUT2D eigenvalue weighted by atomic mass is 35.5. The molecule has 3 N–H and O–H groups in total. The molecule has 182 valence electrons. The Morgan fingerprint density at radius 3 is 2.62 bits per heavy atom. The molecule has 11 heteroatoms. The maximum absolute atomic E-state index is 13.1. The van der Waals surface area contributed by atoms with Crippen molar-refractivity contribution in [1.82, 2.24) is 25.7 Å². The number of benzene rings is 2.